The number of azo groups is 1. The van der Waals surface area contributed by atoms with E-state index in [2.05, 4.69) is 25.9 Å². The molecule has 2 N–H and O–H groups in total. The molecule has 1 heterocycles. The third-order valence-corrected chi connectivity index (χ3v) is 4.06. The Hall–Kier alpha value is -3.13. The summed E-state index contributed by atoms with van der Waals surface area (Å²) in [7, 11) is 0. The van der Waals surface area contributed by atoms with E-state index in [-0.39, 0.29) is 17.9 Å². The molecule has 0 saturated heterocycles. The Bertz CT molecular complexity index is 982. The van der Waals surface area contributed by atoms with Gasteiger partial charge in [-0.15, -0.1) is 5.11 Å². The number of carbonyl (C=O) groups is 1. The van der Waals surface area contributed by atoms with Gasteiger partial charge in [0.15, 0.2) is 5.82 Å². The van der Waals surface area contributed by atoms with E-state index in [1.165, 1.54) is 12.1 Å². The number of halogens is 3. The number of benzene rings is 2. The molecule has 0 bridgehead atoms. The number of nitrogens with one attached hydrogen (secondary N) is 2. The highest BCUT2D eigenvalue weighted by Crippen LogP contribution is 2.27. The second-order valence-corrected chi connectivity index (χ2v) is 7.01. The second-order valence-electron chi connectivity index (χ2n) is 6.57. The van der Waals surface area contributed by atoms with Gasteiger partial charge in [-0.25, -0.2) is 13.8 Å². The minimum Gasteiger partial charge on any atom is -0.309 e. The van der Waals surface area contributed by atoms with Gasteiger partial charge in [0.2, 0.25) is 5.96 Å². The van der Waals surface area contributed by atoms with E-state index in [9.17, 15) is 13.6 Å². The van der Waals surface area contributed by atoms with Gasteiger partial charge in [-0.1, -0.05) is 11.6 Å². The van der Waals surface area contributed by atoms with Crippen molar-refractivity contribution in [1.82, 2.24) is 10.6 Å². The van der Waals surface area contributed by atoms with Gasteiger partial charge in [-0.05, 0) is 61.9 Å². The van der Waals surface area contributed by atoms with Crippen molar-refractivity contribution in [1.29, 1.82) is 0 Å². The van der Waals surface area contributed by atoms with Crippen molar-refractivity contribution in [2.24, 2.45) is 15.2 Å². The van der Waals surface area contributed by atoms with Crippen LogP contribution in [-0.4, -0.2) is 17.9 Å². The molecule has 0 fully saturated rings. The average molecular weight is 418 g/mol. The summed E-state index contributed by atoms with van der Waals surface area (Å²) in [4.78, 5) is 16.8. The molecule has 2 aromatic carbocycles. The first-order chi connectivity index (χ1) is 13.8. The lowest BCUT2D eigenvalue weighted by atomic mass is 10.1. The molecule has 0 aliphatic carbocycles. The second kappa shape index (κ2) is 8.91. The van der Waals surface area contributed by atoms with Crippen LogP contribution >= 0.6 is 11.6 Å². The fraction of sp³-hybridized carbons (Fsp3) is 0.200. The lowest BCUT2D eigenvalue weighted by Crippen LogP contribution is -2.40. The Balaban J connectivity index is 1.74. The van der Waals surface area contributed by atoms with Gasteiger partial charge in [0.1, 0.15) is 17.7 Å². The minimum absolute atomic E-state index is 0.116. The summed E-state index contributed by atoms with van der Waals surface area (Å²) in [6.07, 6.45) is 1.58. The number of guanidine groups is 1. The Morgan fingerprint density at radius 2 is 1.79 bits per heavy atom. The fourth-order valence-electron chi connectivity index (χ4n) is 2.57. The molecule has 1 aliphatic heterocycles. The van der Waals surface area contributed by atoms with Gasteiger partial charge < -0.3 is 5.32 Å². The van der Waals surface area contributed by atoms with Gasteiger partial charge in [0, 0.05) is 22.7 Å². The topological polar surface area (TPSA) is 78.2 Å². The Morgan fingerprint density at radius 1 is 1.14 bits per heavy atom. The Kier molecular flexibility index (Phi) is 6.33. The average Bonchev–Trinajstić information content (AvgIpc) is 3.09. The summed E-state index contributed by atoms with van der Waals surface area (Å²) in [5, 5.41) is 14.1. The van der Waals surface area contributed by atoms with Crippen LogP contribution in [0.5, 0.6) is 0 Å². The molecular weight excluding hydrogens is 400 g/mol. The van der Waals surface area contributed by atoms with Crippen LogP contribution in [0.2, 0.25) is 5.02 Å². The summed E-state index contributed by atoms with van der Waals surface area (Å²) in [6.45, 7) is 3.69. The smallest absolute Gasteiger partial charge is 0.257 e. The third kappa shape index (κ3) is 5.68. The molecule has 9 heteroatoms. The van der Waals surface area contributed by atoms with Crippen molar-refractivity contribution in [2.75, 3.05) is 0 Å². The zero-order valence-corrected chi connectivity index (χ0v) is 16.4. The lowest BCUT2D eigenvalue weighted by molar-refractivity contribution is 0.0976. The van der Waals surface area contributed by atoms with Gasteiger partial charge in [-0.3, -0.25) is 10.1 Å². The Morgan fingerprint density at radius 3 is 2.41 bits per heavy atom. The van der Waals surface area contributed by atoms with Crippen molar-refractivity contribution in [2.45, 2.75) is 25.9 Å². The number of hydrogen-bond acceptors (Lipinski definition) is 4. The maximum atomic E-state index is 13.4. The first-order valence-corrected chi connectivity index (χ1v) is 9.18. The molecule has 29 heavy (non-hydrogen) atoms. The number of aliphatic imine (C=N–C) groups is 1. The van der Waals surface area contributed by atoms with Crippen LogP contribution in [0.15, 0.2) is 69.6 Å². The van der Waals surface area contributed by atoms with Crippen LogP contribution in [0.4, 0.5) is 8.78 Å². The first-order valence-electron chi connectivity index (χ1n) is 8.80. The van der Waals surface area contributed by atoms with Crippen LogP contribution in [0.25, 0.3) is 0 Å². The standard InChI is InChI=1S/C20H18ClF2N5O/c1-11(2)24-20(26-19(29)12-3-5-14(21)6-4-12)25-18-10-17(27-28-18)13-7-15(22)9-16(23)8-13/h3-11,17H,1-2H3,(H2,24,25,26,29). The van der Waals surface area contributed by atoms with Crippen LogP contribution in [0.3, 0.4) is 0 Å². The molecule has 2 aromatic rings. The predicted molar refractivity (Wildman–Crippen MR) is 107 cm³/mol. The monoisotopic (exact) mass is 417 g/mol. The largest absolute Gasteiger partial charge is 0.309 e. The maximum Gasteiger partial charge on any atom is 0.257 e. The summed E-state index contributed by atoms with van der Waals surface area (Å²) < 4.78 is 26.9. The van der Waals surface area contributed by atoms with Gasteiger partial charge in [0.05, 0.1) is 0 Å². The van der Waals surface area contributed by atoms with Gasteiger partial charge in [-0.2, -0.15) is 5.11 Å². The summed E-state index contributed by atoms with van der Waals surface area (Å²) in [6, 6.07) is 8.82. The predicted octanol–water partition coefficient (Wildman–Crippen LogP) is 4.75. The molecule has 3 rings (SSSR count). The number of nitrogens with zero attached hydrogens (tertiary/aromatic N) is 3. The third-order valence-electron chi connectivity index (χ3n) is 3.80. The molecule has 0 aromatic heterocycles. The first kappa shape index (κ1) is 20.6. The maximum absolute atomic E-state index is 13.4. The highest BCUT2D eigenvalue weighted by molar-refractivity contribution is 6.30. The number of hydrogen-bond donors (Lipinski definition) is 2. The van der Waals surface area contributed by atoms with Gasteiger partial charge >= 0.3 is 0 Å². The molecule has 0 spiro atoms. The number of amides is 1. The van der Waals surface area contributed by atoms with Crippen molar-refractivity contribution < 1.29 is 13.6 Å². The molecule has 6 nitrogen and oxygen atoms in total. The highest BCUT2D eigenvalue weighted by Gasteiger charge is 2.19. The summed E-state index contributed by atoms with van der Waals surface area (Å²) in [5.74, 6) is -1.29. The van der Waals surface area contributed by atoms with Crippen LogP contribution in [0, 0.1) is 11.6 Å². The summed E-state index contributed by atoms with van der Waals surface area (Å²) in [5.41, 5.74) is 0.735. The minimum atomic E-state index is -0.692. The molecule has 1 aliphatic rings. The van der Waals surface area contributed by atoms with E-state index in [0.29, 0.717) is 22.0 Å². The van der Waals surface area contributed by atoms with E-state index in [1.807, 2.05) is 13.8 Å². The zero-order valence-electron chi connectivity index (χ0n) is 15.7. The van der Waals surface area contributed by atoms with E-state index in [4.69, 9.17) is 11.6 Å². The van der Waals surface area contributed by atoms with E-state index in [1.54, 1.807) is 30.3 Å². The van der Waals surface area contributed by atoms with Gasteiger partial charge in [0.25, 0.3) is 5.91 Å². The van der Waals surface area contributed by atoms with Crippen LogP contribution < -0.4 is 10.6 Å². The molecule has 1 atom stereocenters. The van der Waals surface area contributed by atoms with Crippen LogP contribution in [0.1, 0.15) is 35.8 Å². The number of carbonyl (C=O) groups excluding carboxylic acids is 1. The molecule has 0 radical (unpaired) electrons. The highest BCUT2D eigenvalue weighted by atomic mass is 35.5. The van der Waals surface area contributed by atoms with Crippen molar-refractivity contribution in [3.05, 3.63) is 82.1 Å². The zero-order chi connectivity index (χ0) is 21.0. The normalized spacial score (nSPS) is 16.1. The Labute approximate surface area is 171 Å². The van der Waals surface area contributed by atoms with E-state index in [0.717, 1.165) is 6.07 Å². The molecule has 1 amide bonds. The molecular formula is C20H18ClF2N5O. The molecule has 1 unspecified atom stereocenters. The number of rotatable bonds is 4. The molecule has 0 saturated carbocycles. The van der Waals surface area contributed by atoms with Crippen molar-refractivity contribution in [3.63, 3.8) is 0 Å². The fourth-order valence-corrected chi connectivity index (χ4v) is 2.70. The van der Waals surface area contributed by atoms with E-state index < -0.39 is 17.7 Å². The summed E-state index contributed by atoms with van der Waals surface area (Å²) >= 11 is 5.84. The SMILES string of the molecule is CC(C)N=C(NC(=O)c1ccc(Cl)cc1)NC1=CC(c2cc(F)cc(F)c2)N=N1. The van der Waals surface area contributed by atoms with Crippen LogP contribution in [-0.2, 0) is 0 Å². The van der Waals surface area contributed by atoms with Crippen molar-refractivity contribution in [3.8, 4) is 0 Å². The quantitative estimate of drug-likeness (QED) is 0.556. The molecule has 150 valence electrons. The van der Waals surface area contributed by atoms with Crippen molar-refractivity contribution >= 4 is 23.5 Å². The van der Waals surface area contributed by atoms with E-state index >= 15 is 0 Å². The lowest BCUT2D eigenvalue weighted by Gasteiger charge is -2.12.